The van der Waals surface area contributed by atoms with Crippen LogP contribution in [0.3, 0.4) is 0 Å². The predicted octanol–water partition coefficient (Wildman–Crippen LogP) is 4.17. The van der Waals surface area contributed by atoms with Crippen LogP contribution in [-0.4, -0.2) is 0 Å². The van der Waals surface area contributed by atoms with Crippen molar-refractivity contribution in [2.24, 2.45) is 0 Å². The first-order chi connectivity index (χ1) is 4.79. The Morgan fingerprint density at radius 2 is 1.50 bits per heavy atom. The molecular formula is C6H2I2S2. The van der Waals surface area contributed by atoms with E-state index in [4.69, 9.17) is 0 Å². The molecule has 0 nitrogen and oxygen atoms in total. The maximum Gasteiger partial charge on any atom is 0.0886 e. The van der Waals surface area contributed by atoms with Gasteiger partial charge in [0, 0.05) is 23.3 Å². The average Bonchev–Trinajstić information content (AvgIpc) is 2.40. The zero-order valence-corrected chi connectivity index (χ0v) is 10.7. The molecule has 0 saturated carbocycles. The quantitative estimate of drug-likeness (QED) is 0.591. The van der Waals surface area contributed by atoms with Crippen molar-refractivity contribution in [2.45, 2.75) is 0 Å². The summed E-state index contributed by atoms with van der Waals surface area (Å²) in [5, 5.41) is 5.88. The fraction of sp³-hybridized carbons (Fsp3) is 0. The summed E-state index contributed by atoms with van der Waals surface area (Å²) in [6.45, 7) is 0. The monoisotopic (exact) mass is 392 g/mol. The van der Waals surface area contributed by atoms with E-state index in [1.165, 1.54) is 16.5 Å². The Hall–Kier alpha value is 1.12. The highest BCUT2D eigenvalue weighted by atomic mass is 127. The van der Waals surface area contributed by atoms with E-state index >= 15 is 0 Å². The molecule has 2 aromatic rings. The summed E-state index contributed by atoms with van der Waals surface area (Å²) >= 11 is 8.46. The lowest BCUT2D eigenvalue weighted by molar-refractivity contribution is 1.92. The molecular weight excluding hydrogens is 390 g/mol. The van der Waals surface area contributed by atoms with Crippen LogP contribution in [0.2, 0.25) is 0 Å². The van der Waals surface area contributed by atoms with Crippen LogP contribution in [0.5, 0.6) is 0 Å². The minimum absolute atomic E-state index is 1.39. The molecule has 0 fully saturated rings. The molecule has 0 aliphatic carbocycles. The van der Waals surface area contributed by atoms with Crippen molar-refractivity contribution < 1.29 is 0 Å². The van der Waals surface area contributed by atoms with Crippen molar-refractivity contribution >= 4 is 77.3 Å². The van der Waals surface area contributed by atoms with Crippen molar-refractivity contribution in [3.05, 3.63) is 17.9 Å². The smallest absolute Gasteiger partial charge is 0.0886 e. The van der Waals surface area contributed by atoms with Crippen molar-refractivity contribution in [2.75, 3.05) is 0 Å². The molecule has 0 amide bonds. The second kappa shape index (κ2) is 2.87. The fourth-order valence-electron chi connectivity index (χ4n) is 0.783. The number of thiophene rings is 2. The third-order valence-corrected chi connectivity index (χ3v) is 5.89. The molecule has 0 aromatic carbocycles. The van der Waals surface area contributed by atoms with Crippen molar-refractivity contribution in [3.63, 3.8) is 0 Å². The third-order valence-electron chi connectivity index (χ3n) is 1.22. The van der Waals surface area contributed by atoms with Crippen molar-refractivity contribution in [3.8, 4) is 0 Å². The van der Waals surface area contributed by atoms with Gasteiger partial charge in [-0.05, 0) is 45.2 Å². The SMILES string of the molecule is Ic1csc2scc(I)c12. The fourth-order valence-corrected chi connectivity index (χ4v) is 5.76. The van der Waals surface area contributed by atoms with Gasteiger partial charge >= 0.3 is 0 Å². The summed E-state index contributed by atoms with van der Waals surface area (Å²) < 4.78 is 4.24. The van der Waals surface area contributed by atoms with Gasteiger partial charge in [-0.25, -0.2) is 0 Å². The molecule has 0 N–H and O–H groups in total. The van der Waals surface area contributed by atoms with E-state index in [0.29, 0.717) is 0 Å². The first-order valence-electron chi connectivity index (χ1n) is 2.58. The van der Waals surface area contributed by atoms with E-state index < -0.39 is 0 Å². The topological polar surface area (TPSA) is 0 Å². The van der Waals surface area contributed by atoms with Gasteiger partial charge in [0.05, 0.1) is 4.01 Å². The highest BCUT2D eigenvalue weighted by Crippen LogP contribution is 2.35. The van der Waals surface area contributed by atoms with Gasteiger partial charge in [0.25, 0.3) is 0 Å². The molecule has 4 heteroatoms. The van der Waals surface area contributed by atoms with Gasteiger partial charge in [-0.3, -0.25) is 0 Å². The highest BCUT2D eigenvalue weighted by molar-refractivity contribution is 14.1. The summed E-state index contributed by atoms with van der Waals surface area (Å²) in [5.74, 6) is 0. The lowest BCUT2D eigenvalue weighted by Crippen LogP contribution is -1.62. The third kappa shape index (κ3) is 1.12. The van der Waals surface area contributed by atoms with Crippen LogP contribution in [0.25, 0.3) is 9.40 Å². The van der Waals surface area contributed by atoms with Gasteiger partial charge in [-0.2, -0.15) is 0 Å². The Balaban J connectivity index is 2.98. The highest BCUT2D eigenvalue weighted by Gasteiger charge is 2.05. The van der Waals surface area contributed by atoms with Crippen LogP contribution in [0.4, 0.5) is 0 Å². The van der Waals surface area contributed by atoms with Crippen LogP contribution in [0.15, 0.2) is 10.8 Å². The number of hydrogen-bond acceptors (Lipinski definition) is 2. The van der Waals surface area contributed by atoms with Crippen LogP contribution < -0.4 is 0 Å². The Kier molecular flexibility index (Phi) is 2.23. The molecule has 0 bridgehead atoms. The molecule has 0 saturated heterocycles. The summed E-state index contributed by atoms with van der Waals surface area (Å²) in [5.41, 5.74) is 0. The zero-order valence-electron chi connectivity index (χ0n) is 4.73. The number of rotatable bonds is 0. The zero-order chi connectivity index (χ0) is 7.14. The standard InChI is InChI=1S/C6H2I2S2/c7-3-1-9-6-5(3)4(8)2-10-6/h1-2H. The first kappa shape index (κ1) is 7.75. The normalized spacial score (nSPS) is 11.0. The van der Waals surface area contributed by atoms with Crippen LogP contribution in [0.1, 0.15) is 0 Å². The van der Waals surface area contributed by atoms with E-state index in [-0.39, 0.29) is 0 Å². The first-order valence-corrected chi connectivity index (χ1v) is 6.50. The molecule has 0 spiro atoms. The molecule has 0 aliphatic heterocycles. The number of hydrogen-bond donors (Lipinski definition) is 0. The average molecular weight is 392 g/mol. The van der Waals surface area contributed by atoms with Crippen molar-refractivity contribution in [1.82, 2.24) is 0 Å². The molecule has 52 valence electrons. The van der Waals surface area contributed by atoms with Crippen LogP contribution in [0, 0.1) is 7.14 Å². The molecule has 0 unspecified atom stereocenters. The molecule has 0 aliphatic rings. The van der Waals surface area contributed by atoms with Gasteiger partial charge in [0.15, 0.2) is 0 Å². The Bertz CT molecular complexity index is 329. The van der Waals surface area contributed by atoms with Crippen molar-refractivity contribution in [1.29, 1.82) is 0 Å². The van der Waals surface area contributed by atoms with E-state index in [1.54, 1.807) is 0 Å². The van der Waals surface area contributed by atoms with Gasteiger partial charge in [0.2, 0.25) is 0 Å². The second-order valence-corrected chi connectivity index (χ2v) is 6.17. The number of halogens is 2. The largest absolute Gasteiger partial charge is 0.132 e. The molecule has 2 rings (SSSR count). The Morgan fingerprint density at radius 1 is 1.00 bits per heavy atom. The lowest BCUT2D eigenvalue weighted by Gasteiger charge is -1.80. The number of fused-ring (bicyclic) bond motifs is 1. The lowest BCUT2D eigenvalue weighted by atomic mass is 10.4. The molecule has 2 aromatic heterocycles. The van der Waals surface area contributed by atoms with Crippen LogP contribution in [-0.2, 0) is 0 Å². The maximum absolute atomic E-state index is 2.39. The molecule has 10 heavy (non-hydrogen) atoms. The van der Waals surface area contributed by atoms with E-state index in [0.717, 1.165) is 0 Å². The molecule has 2 heterocycles. The van der Waals surface area contributed by atoms with E-state index in [1.807, 2.05) is 22.7 Å². The van der Waals surface area contributed by atoms with Gasteiger partial charge in [-0.15, -0.1) is 22.7 Å². The minimum Gasteiger partial charge on any atom is -0.132 e. The van der Waals surface area contributed by atoms with E-state index in [2.05, 4.69) is 55.9 Å². The van der Waals surface area contributed by atoms with Crippen LogP contribution >= 0.6 is 67.9 Å². The summed E-state index contributed by atoms with van der Waals surface area (Å²) in [4.78, 5) is 0. The summed E-state index contributed by atoms with van der Waals surface area (Å²) in [6.07, 6.45) is 0. The predicted molar refractivity (Wildman–Crippen MR) is 65.1 cm³/mol. The Morgan fingerprint density at radius 3 is 1.90 bits per heavy atom. The summed E-state index contributed by atoms with van der Waals surface area (Å²) in [6, 6.07) is 0. The molecule has 0 radical (unpaired) electrons. The van der Waals surface area contributed by atoms with Gasteiger partial charge in [-0.1, -0.05) is 0 Å². The van der Waals surface area contributed by atoms with E-state index in [9.17, 15) is 0 Å². The maximum atomic E-state index is 2.39. The van der Waals surface area contributed by atoms with Gasteiger partial charge in [0.1, 0.15) is 0 Å². The molecule has 0 atom stereocenters. The Labute approximate surface area is 93.9 Å². The summed E-state index contributed by atoms with van der Waals surface area (Å²) in [7, 11) is 0. The van der Waals surface area contributed by atoms with Gasteiger partial charge < -0.3 is 0 Å². The second-order valence-electron chi connectivity index (χ2n) is 1.83. The minimum atomic E-state index is 1.39.